The quantitative estimate of drug-likeness (QED) is 0.612. The molecule has 0 saturated heterocycles. The molecule has 2 heteroatoms. The number of carbonyl (C=O) groups is 1. The minimum Gasteiger partial charge on any atom is -0.358 e. The lowest BCUT2D eigenvalue weighted by Crippen LogP contribution is -2.33. The summed E-state index contributed by atoms with van der Waals surface area (Å²) in [5.41, 5.74) is 2.42. The van der Waals surface area contributed by atoms with Crippen LogP contribution in [-0.2, 0) is 9.53 Å². The van der Waals surface area contributed by atoms with Crippen molar-refractivity contribution in [2.45, 2.75) is 57.7 Å². The molecule has 1 unspecified atom stereocenters. The lowest BCUT2D eigenvalue weighted by molar-refractivity contribution is -0.117. The topological polar surface area (TPSA) is 26.3 Å². The number of hydrogen-bond donors (Lipinski definition) is 0. The first-order valence-corrected chi connectivity index (χ1v) is 7.16. The van der Waals surface area contributed by atoms with E-state index in [-0.39, 0.29) is 17.1 Å². The molecule has 0 radical (unpaired) electrons. The number of ketones is 1. The van der Waals surface area contributed by atoms with Gasteiger partial charge < -0.3 is 4.74 Å². The molecular weight excluding hydrogens is 224 g/mol. The van der Waals surface area contributed by atoms with Gasteiger partial charge in [-0.05, 0) is 37.0 Å². The van der Waals surface area contributed by atoms with Crippen LogP contribution < -0.4 is 0 Å². The summed E-state index contributed by atoms with van der Waals surface area (Å²) >= 11 is 0. The molecule has 2 bridgehead atoms. The fourth-order valence-corrected chi connectivity index (χ4v) is 4.54. The molecular formula is C16H20O2. The van der Waals surface area contributed by atoms with E-state index in [9.17, 15) is 4.79 Å². The zero-order valence-corrected chi connectivity index (χ0v) is 11.2. The molecule has 0 aromatic rings. The van der Waals surface area contributed by atoms with Crippen molar-refractivity contribution in [3.8, 4) is 0 Å². The Morgan fingerprint density at radius 3 is 3.06 bits per heavy atom. The third kappa shape index (κ3) is 1.20. The van der Waals surface area contributed by atoms with Crippen LogP contribution >= 0.6 is 0 Å². The Labute approximate surface area is 108 Å². The Hall–Kier alpha value is -0.890. The summed E-state index contributed by atoms with van der Waals surface area (Å²) in [6.45, 7) is 4.44. The Kier molecular flexibility index (Phi) is 1.93. The highest BCUT2D eigenvalue weighted by atomic mass is 16.5. The molecule has 4 rings (SSSR count). The number of hydrogen-bond acceptors (Lipinski definition) is 2. The molecule has 1 spiro atoms. The molecule has 0 aromatic carbocycles. The second kappa shape index (κ2) is 3.16. The van der Waals surface area contributed by atoms with Crippen molar-refractivity contribution in [2.75, 3.05) is 0 Å². The predicted octanol–water partition coefficient (Wildman–Crippen LogP) is 3.18. The van der Waals surface area contributed by atoms with Crippen LogP contribution in [0.1, 0.15) is 46.0 Å². The average molecular weight is 244 g/mol. The van der Waals surface area contributed by atoms with E-state index in [2.05, 4.69) is 26.0 Å². The van der Waals surface area contributed by atoms with E-state index in [1.54, 1.807) is 0 Å². The van der Waals surface area contributed by atoms with E-state index < -0.39 is 0 Å². The molecule has 2 aliphatic heterocycles. The lowest BCUT2D eigenvalue weighted by Gasteiger charge is -2.31. The van der Waals surface area contributed by atoms with Gasteiger partial charge in [0.15, 0.2) is 5.78 Å². The molecule has 96 valence electrons. The zero-order chi connectivity index (χ0) is 12.5. The third-order valence-corrected chi connectivity index (χ3v) is 5.49. The highest BCUT2D eigenvalue weighted by Crippen LogP contribution is 2.56. The largest absolute Gasteiger partial charge is 0.358 e. The second-order valence-electron chi connectivity index (χ2n) is 7.02. The number of allylic oxidation sites excluding steroid dienone is 1. The van der Waals surface area contributed by atoms with Gasteiger partial charge in [-0.15, -0.1) is 0 Å². The van der Waals surface area contributed by atoms with E-state index in [0.717, 1.165) is 18.4 Å². The van der Waals surface area contributed by atoms with Crippen LogP contribution in [0.25, 0.3) is 0 Å². The Bertz CT molecular complexity index is 497. The fourth-order valence-electron chi connectivity index (χ4n) is 4.54. The molecule has 3 atom stereocenters. The average Bonchev–Trinajstić information content (AvgIpc) is 2.88. The van der Waals surface area contributed by atoms with E-state index in [1.165, 1.54) is 18.4 Å². The van der Waals surface area contributed by atoms with Crippen molar-refractivity contribution < 1.29 is 9.53 Å². The highest BCUT2D eigenvalue weighted by molar-refractivity contribution is 6.01. The van der Waals surface area contributed by atoms with Gasteiger partial charge >= 0.3 is 0 Å². The molecule has 1 fully saturated rings. The van der Waals surface area contributed by atoms with Crippen molar-refractivity contribution in [3.05, 3.63) is 23.3 Å². The van der Waals surface area contributed by atoms with Crippen LogP contribution in [-0.4, -0.2) is 17.5 Å². The molecule has 1 saturated carbocycles. The normalized spacial score (nSPS) is 44.2. The van der Waals surface area contributed by atoms with Gasteiger partial charge in [-0.2, -0.15) is 0 Å². The predicted molar refractivity (Wildman–Crippen MR) is 69.1 cm³/mol. The first-order valence-electron chi connectivity index (χ1n) is 7.16. The Balaban J connectivity index is 1.86. The van der Waals surface area contributed by atoms with Gasteiger partial charge in [0.1, 0.15) is 6.10 Å². The van der Waals surface area contributed by atoms with Crippen LogP contribution in [0, 0.1) is 11.3 Å². The van der Waals surface area contributed by atoms with Crippen molar-refractivity contribution in [1.82, 2.24) is 0 Å². The minimum absolute atomic E-state index is 0.0363. The standard InChI is InChI=1S/C16H20O2/c1-15(2)9-12(17)14-11(15)8-10-4-3-6-16(10)7-5-13(14)18-16/h5,7,10,13H,3-4,6,8-9H2,1-2H3/t10?,13-,16+/m1/s1. The van der Waals surface area contributed by atoms with Crippen molar-refractivity contribution in [2.24, 2.45) is 11.3 Å². The summed E-state index contributed by atoms with van der Waals surface area (Å²) in [5.74, 6) is 0.915. The molecule has 2 nitrogen and oxygen atoms in total. The first-order chi connectivity index (χ1) is 8.52. The Morgan fingerprint density at radius 2 is 2.22 bits per heavy atom. The number of ether oxygens (including phenoxy) is 1. The van der Waals surface area contributed by atoms with E-state index in [4.69, 9.17) is 4.74 Å². The summed E-state index contributed by atoms with van der Waals surface area (Å²) < 4.78 is 6.32. The van der Waals surface area contributed by atoms with E-state index >= 15 is 0 Å². The molecule has 2 heterocycles. The monoisotopic (exact) mass is 244 g/mol. The van der Waals surface area contributed by atoms with Gasteiger partial charge in [0, 0.05) is 12.0 Å². The number of fused-ring (bicyclic) bond motifs is 2. The van der Waals surface area contributed by atoms with Gasteiger partial charge in [0.2, 0.25) is 0 Å². The van der Waals surface area contributed by atoms with Crippen LogP contribution in [0.15, 0.2) is 23.3 Å². The molecule has 0 aromatic heterocycles. The molecule has 2 aliphatic carbocycles. The summed E-state index contributed by atoms with van der Waals surface area (Å²) in [5, 5.41) is 0. The number of Topliss-reactive ketones (excluding diaryl/α,β-unsaturated/α-hetero) is 1. The maximum Gasteiger partial charge on any atom is 0.162 e. The first kappa shape index (κ1) is 11.0. The van der Waals surface area contributed by atoms with Crippen LogP contribution in [0.2, 0.25) is 0 Å². The maximum atomic E-state index is 12.3. The second-order valence-corrected chi connectivity index (χ2v) is 7.02. The van der Waals surface area contributed by atoms with Crippen LogP contribution in [0.3, 0.4) is 0 Å². The van der Waals surface area contributed by atoms with Crippen molar-refractivity contribution >= 4 is 5.78 Å². The fraction of sp³-hybridized carbons (Fsp3) is 0.688. The molecule has 0 amide bonds. The summed E-state index contributed by atoms with van der Waals surface area (Å²) in [6.07, 6.45) is 9.76. The van der Waals surface area contributed by atoms with Gasteiger partial charge in [-0.1, -0.05) is 31.6 Å². The minimum atomic E-state index is -0.0441. The summed E-state index contributed by atoms with van der Waals surface area (Å²) in [6, 6.07) is 0. The summed E-state index contributed by atoms with van der Waals surface area (Å²) in [7, 11) is 0. The van der Waals surface area contributed by atoms with Crippen LogP contribution in [0.4, 0.5) is 0 Å². The molecule has 0 N–H and O–H groups in total. The van der Waals surface area contributed by atoms with E-state index in [0.29, 0.717) is 18.1 Å². The van der Waals surface area contributed by atoms with Gasteiger partial charge in [0.05, 0.1) is 5.60 Å². The smallest absolute Gasteiger partial charge is 0.162 e. The number of rotatable bonds is 0. The lowest BCUT2D eigenvalue weighted by atomic mass is 9.76. The SMILES string of the molecule is CC1(C)CC(=O)C2=C1CC1CCC[C@]13C=C[C@H]2O3. The van der Waals surface area contributed by atoms with Gasteiger partial charge in [-0.25, -0.2) is 0 Å². The van der Waals surface area contributed by atoms with Crippen molar-refractivity contribution in [1.29, 1.82) is 0 Å². The van der Waals surface area contributed by atoms with Gasteiger partial charge in [-0.3, -0.25) is 4.79 Å². The Morgan fingerprint density at radius 1 is 1.39 bits per heavy atom. The highest BCUT2D eigenvalue weighted by Gasteiger charge is 2.54. The van der Waals surface area contributed by atoms with Gasteiger partial charge in [0.25, 0.3) is 0 Å². The van der Waals surface area contributed by atoms with E-state index in [1.807, 2.05) is 0 Å². The zero-order valence-electron chi connectivity index (χ0n) is 11.2. The molecule has 4 aliphatic rings. The summed E-state index contributed by atoms with van der Waals surface area (Å²) in [4.78, 5) is 12.3. The maximum absolute atomic E-state index is 12.3. The number of carbonyl (C=O) groups excluding carboxylic acids is 1. The molecule has 18 heavy (non-hydrogen) atoms. The third-order valence-electron chi connectivity index (χ3n) is 5.49. The van der Waals surface area contributed by atoms with Crippen molar-refractivity contribution in [3.63, 3.8) is 0 Å². The van der Waals surface area contributed by atoms with Crippen LogP contribution in [0.5, 0.6) is 0 Å².